The predicted molar refractivity (Wildman–Crippen MR) is 88.5 cm³/mol. The van der Waals surface area contributed by atoms with Gasteiger partial charge in [0.1, 0.15) is 5.75 Å². The highest BCUT2D eigenvalue weighted by Crippen LogP contribution is 2.22. The lowest BCUT2D eigenvalue weighted by molar-refractivity contribution is 0.334. The molecule has 1 N–H and O–H groups in total. The molecule has 0 spiro atoms. The Labute approximate surface area is 128 Å². The van der Waals surface area contributed by atoms with E-state index in [1.165, 1.54) is 17.5 Å². The summed E-state index contributed by atoms with van der Waals surface area (Å²) in [4.78, 5) is 0. The molecular weight excluding hydrogens is 258 g/mol. The van der Waals surface area contributed by atoms with Gasteiger partial charge in [0.05, 0.1) is 6.61 Å². The Hall–Kier alpha value is -1.80. The van der Waals surface area contributed by atoms with Crippen molar-refractivity contribution in [1.29, 1.82) is 0 Å². The molecule has 2 heteroatoms. The molecule has 1 atom stereocenters. The summed E-state index contributed by atoms with van der Waals surface area (Å²) in [5.74, 6) is 0.982. The van der Waals surface area contributed by atoms with Gasteiger partial charge in [-0.15, -0.1) is 0 Å². The van der Waals surface area contributed by atoms with Crippen LogP contribution in [0.2, 0.25) is 0 Å². The molecule has 2 aromatic carbocycles. The summed E-state index contributed by atoms with van der Waals surface area (Å²) in [7, 11) is 0. The molecule has 0 aliphatic heterocycles. The van der Waals surface area contributed by atoms with E-state index < -0.39 is 0 Å². The van der Waals surface area contributed by atoms with E-state index in [0.717, 1.165) is 18.7 Å². The number of ether oxygens (including phenoxy) is 1. The Bertz CT molecular complexity index is 524. The Balaban J connectivity index is 2.05. The van der Waals surface area contributed by atoms with Gasteiger partial charge in [0, 0.05) is 18.2 Å². The first-order valence-corrected chi connectivity index (χ1v) is 7.84. The van der Waals surface area contributed by atoms with Gasteiger partial charge in [-0.1, -0.05) is 61.9 Å². The number of para-hydroxylation sites is 1. The monoisotopic (exact) mass is 283 g/mol. The van der Waals surface area contributed by atoms with Crippen LogP contribution < -0.4 is 10.1 Å². The van der Waals surface area contributed by atoms with Crippen molar-refractivity contribution in [2.45, 2.75) is 39.3 Å². The fourth-order valence-corrected chi connectivity index (χ4v) is 2.54. The zero-order valence-corrected chi connectivity index (χ0v) is 13.0. The van der Waals surface area contributed by atoms with Crippen molar-refractivity contribution in [1.82, 2.24) is 5.32 Å². The minimum absolute atomic E-state index is 0.394. The number of rotatable bonds is 8. The number of hydrogen-bond donors (Lipinski definition) is 1. The van der Waals surface area contributed by atoms with Gasteiger partial charge in [0.15, 0.2) is 0 Å². The van der Waals surface area contributed by atoms with Crippen LogP contribution in [0, 0.1) is 0 Å². The zero-order chi connectivity index (χ0) is 14.9. The minimum Gasteiger partial charge on any atom is -0.494 e. The maximum absolute atomic E-state index is 5.69. The van der Waals surface area contributed by atoms with Crippen molar-refractivity contribution in [2.24, 2.45) is 0 Å². The number of nitrogens with one attached hydrogen (secondary N) is 1. The van der Waals surface area contributed by atoms with Crippen molar-refractivity contribution < 1.29 is 4.74 Å². The van der Waals surface area contributed by atoms with Crippen molar-refractivity contribution >= 4 is 0 Å². The van der Waals surface area contributed by atoms with Crippen LogP contribution in [0.15, 0.2) is 54.6 Å². The van der Waals surface area contributed by atoms with Gasteiger partial charge in [-0.2, -0.15) is 0 Å². The molecule has 2 aromatic rings. The molecule has 0 saturated carbocycles. The number of hydrogen-bond acceptors (Lipinski definition) is 2. The highest BCUT2D eigenvalue weighted by atomic mass is 16.5. The second-order valence-electron chi connectivity index (χ2n) is 5.17. The lowest BCUT2D eigenvalue weighted by Gasteiger charge is -2.19. The first-order valence-electron chi connectivity index (χ1n) is 7.84. The van der Waals surface area contributed by atoms with Crippen molar-refractivity contribution in [3.63, 3.8) is 0 Å². The lowest BCUT2D eigenvalue weighted by Crippen LogP contribution is -2.21. The van der Waals surface area contributed by atoms with E-state index in [4.69, 9.17) is 4.74 Å². The number of benzene rings is 2. The van der Waals surface area contributed by atoms with Crippen LogP contribution in [0.3, 0.4) is 0 Å². The van der Waals surface area contributed by atoms with Gasteiger partial charge < -0.3 is 10.1 Å². The Morgan fingerprint density at radius 1 is 0.952 bits per heavy atom. The van der Waals surface area contributed by atoms with Gasteiger partial charge in [-0.25, -0.2) is 0 Å². The Morgan fingerprint density at radius 3 is 2.38 bits per heavy atom. The first-order chi connectivity index (χ1) is 10.3. The molecule has 0 aromatic heterocycles. The third-order valence-electron chi connectivity index (χ3n) is 3.59. The van der Waals surface area contributed by atoms with E-state index in [2.05, 4.69) is 54.7 Å². The van der Waals surface area contributed by atoms with E-state index >= 15 is 0 Å². The second-order valence-corrected chi connectivity index (χ2v) is 5.17. The second kappa shape index (κ2) is 8.48. The van der Waals surface area contributed by atoms with Crippen LogP contribution in [0.1, 0.15) is 43.9 Å². The molecule has 1 unspecified atom stereocenters. The van der Waals surface area contributed by atoms with Crippen molar-refractivity contribution in [2.75, 3.05) is 6.61 Å². The van der Waals surface area contributed by atoms with Crippen LogP contribution in [-0.2, 0) is 6.54 Å². The van der Waals surface area contributed by atoms with E-state index in [0.29, 0.717) is 12.6 Å². The largest absolute Gasteiger partial charge is 0.494 e. The third kappa shape index (κ3) is 4.61. The Morgan fingerprint density at radius 2 is 1.67 bits per heavy atom. The zero-order valence-electron chi connectivity index (χ0n) is 13.0. The molecular formula is C19H25NO. The molecule has 0 bridgehead atoms. The maximum atomic E-state index is 5.69. The van der Waals surface area contributed by atoms with Gasteiger partial charge in [-0.3, -0.25) is 0 Å². The molecule has 0 amide bonds. The smallest absolute Gasteiger partial charge is 0.123 e. The third-order valence-corrected chi connectivity index (χ3v) is 3.59. The summed E-state index contributed by atoms with van der Waals surface area (Å²) in [6.45, 7) is 5.78. The van der Waals surface area contributed by atoms with Crippen LogP contribution in [-0.4, -0.2) is 6.61 Å². The molecule has 2 rings (SSSR count). The van der Waals surface area contributed by atoms with Crippen LogP contribution in [0.25, 0.3) is 0 Å². The van der Waals surface area contributed by atoms with Crippen LogP contribution >= 0.6 is 0 Å². The van der Waals surface area contributed by atoms with E-state index in [1.807, 2.05) is 19.1 Å². The summed E-state index contributed by atoms with van der Waals surface area (Å²) in [5.41, 5.74) is 2.57. The fraction of sp³-hybridized carbons (Fsp3) is 0.368. The maximum Gasteiger partial charge on any atom is 0.123 e. The first kappa shape index (κ1) is 15.6. The summed E-state index contributed by atoms with van der Waals surface area (Å²) in [6.07, 6.45) is 2.31. The Kier molecular flexibility index (Phi) is 6.29. The van der Waals surface area contributed by atoms with Crippen molar-refractivity contribution in [3.05, 3.63) is 65.7 Å². The fourth-order valence-electron chi connectivity index (χ4n) is 2.54. The molecule has 0 fully saturated rings. The average molecular weight is 283 g/mol. The summed E-state index contributed by atoms with van der Waals surface area (Å²) in [5, 5.41) is 3.67. The van der Waals surface area contributed by atoms with Crippen molar-refractivity contribution in [3.8, 4) is 5.75 Å². The molecule has 0 aliphatic carbocycles. The van der Waals surface area contributed by atoms with Gasteiger partial charge in [-0.05, 0) is 25.0 Å². The summed E-state index contributed by atoms with van der Waals surface area (Å²) in [6, 6.07) is 19.3. The SMILES string of the molecule is CCCC(NCc1ccccc1OCC)c1ccccc1. The molecule has 0 aliphatic rings. The molecule has 21 heavy (non-hydrogen) atoms. The standard InChI is InChI=1S/C19H25NO/c1-3-10-18(16-11-6-5-7-12-16)20-15-17-13-8-9-14-19(17)21-4-2/h5-9,11-14,18,20H,3-4,10,15H2,1-2H3. The van der Waals surface area contributed by atoms with Crippen LogP contribution in [0.5, 0.6) is 5.75 Å². The molecule has 2 nitrogen and oxygen atoms in total. The lowest BCUT2D eigenvalue weighted by atomic mass is 10.0. The highest BCUT2D eigenvalue weighted by Gasteiger charge is 2.11. The average Bonchev–Trinajstić information content (AvgIpc) is 2.54. The quantitative estimate of drug-likeness (QED) is 0.757. The molecule has 0 saturated heterocycles. The topological polar surface area (TPSA) is 21.3 Å². The molecule has 0 radical (unpaired) electrons. The summed E-state index contributed by atoms with van der Waals surface area (Å²) < 4.78 is 5.69. The van der Waals surface area contributed by atoms with Crippen LogP contribution in [0.4, 0.5) is 0 Å². The minimum atomic E-state index is 0.394. The van der Waals surface area contributed by atoms with Gasteiger partial charge >= 0.3 is 0 Å². The van der Waals surface area contributed by atoms with E-state index in [-0.39, 0.29) is 0 Å². The normalized spacial score (nSPS) is 12.1. The van der Waals surface area contributed by atoms with E-state index in [1.54, 1.807) is 0 Å². The van der Waals surface area contributed by atoms with E-state index in [9.17, 15) is 0 Å². The predicted octanol–water partition coefficient (Wildman–Crippen LogP) is 4.72. The molecule has 112 valence electrons. The summed E-state index contributed by atoms with van der Waals surface area (Å²) >= 11 is 0. The highest BCUT2D eigenvalue weighted by molar-refractivity contribution is 5.33. The molecule has 0 heterocycles. The van der Waals surface area contributed by atoms with Gasteiger partial charge in [0.2, 0.25) is 0 Å². The van der Waals surface area contributed by atoms with Gasteiger partial charge in [0.25, 0.3) is 0 Å².